The maximum absolute atomic E-state index is 12.6. The van der Waals surface area contributed by atoms with Gasteiger partial charge in [0.05, 0.1) is 12.7 Å². The summed E-state index contributed by atoms with van der Waals surface area (Å²) in [6, 6.07) is 23.6. The third-order valence-electron chi connectivity index (χ3n) is 5.17. The van der Waals surface area contributed by atoms with Gasteiger partial charge in [-0.2, -0.15) is 0 Å². The first-order valence-corrected chi connectivity index (χ1v) is 8.82. The quantitative estimate of drug-likeness (QED) is 0.649. The summed E-state index contributed by atoms with van der Waals surface area (Å²) in [5.74, 6) is 1.21. The van der Waals surface area contributed by atoms with E-state index in [-0.39, 0.29) is 5.97 Å². The molecule has 0 radical (unpaired) electrons. The number of nitrogens with zero attached hydrogens (tertiary/aromatic N) is 1. The highest BCUT2D eigenvalue weighted by Gasteiger charge is 2.47. The normalized spacial score (nSPS) is 14.1. The van der Waals surface area contributed by atoms with Crippen LogP contribution in [0.4, 0.5) is 0 Å². The second-order valence-corrected chi connectivity index (χ2v) is 6.74. The molecule has 0 unspecified atom stereocenters. The molecule has 3 aromatic rings. The van der Waals surface area contributed by atoms with Crippen LogP contribution in [0.3, 0.4) is 0 Å². The number of benzene rings is 3. The van der Waals surface area contributed by atoms with Gasteiger partial charge < -0.3 is 9.47 Å². The van der Waals surface area contributed by atoms with Crippen LogP contribution in [0.2, 0.25) is 0 Å². The summed E-state index contributed by atoms with van der Waals surface area (Å²) in [5.41, 5.74) is 2.70. The number of hydrogen-bond acceptors (Lipinski definition) is 4. The number of fused-ring (bicyclic) bond motifs is 2. The van der Waals surface area contributed by atoms with Crippen molar-refractivity contribution in [1.82, 2.24) is 4.90 Å². The van der Waals surface area contributed by atoms with Gasteiger partial charge in [-0.1, -0.05) is 54.6 Å². The maximum Gasteiger partial charge on any atom is 0.338 e. The van der Waals surface area contributed by atoms with E-state index in [4.69, 9.17) is 9.47 Å². The zero-order valence-corrected chi connectivity index (χ0v) is 15.6. The SMILES string of the molecule is COC(=O)c1ccccc1C1(N(C)C)c2ccccc2Oc2ccccc21. The molecule has 136 valence electrons. The topological polar surface area (TPSA) is 38.8 Å². The zero-order valence-electron chi connectivity index (χ0n) is 15.6. The van der Waals surface area contributed by atoms with Crippen LogP contribution in [0.25, 0.3) is 0 Å². The van der Waals surface area contributed by atoms with Crippen molar-refractivity contribution in [2.75, 3.05) is 21.2 Å². The molecule has 0 fully saturated rings. The lowest BCUT2D eigenvalue weighted by Gasteiger charge is -2.45. The predicted molar refractivity (Wildman–Crippen MR) is 104 cm³/mol. The molecule has 1 heterocycles. The van der Waals surface area contributed by atoms with Crippen LogP contribution in [0, 0.1) is 0 Å². The standard InChI is InChI=1S/C23H21NO3/c1-24(2)23(17-11-5-4-10-16(17)22(25)26-3)18-12-6-8-14-20(18)27-21-15-9-7-13-19(21)23/h4-15H,1-3H3. The minimum Gasteiger partial charge on any atom is -0.465 e. The summed E-state index contributed by atoms with van der Waals surface area (Å²) < 4.78 is 11.3. The molecule has 4 rings (SSSR count). The molecular formula is C23H21NO3. The summed E-state index contributed by atoms with van der Waals surface area (Å²) in [4.78, 5) is 14.7. The molecule has 0 saturated carbocycles. The van der Waals surface area contributed by atoms with Crippen molar-refractivity contribution in [2.45, 2.75) is 5.54 Å². The van der Waals surface area contributed by atoms with Crippen molar-refractivity contribution in [3.05, 3.63) is 95.1 Å². The van der Waals surface area contributed by atoms with E-state index in [0.29, 0.717) is 5.56 Å². The molecule has 1 aliphatic rings. The summed E-state index contributed by atoms with van der Waals surface area (Å²) in [5, 5.41) is 0. The van der Waals surface area contributed by atoms with Gasteiger partial charge in [0.15, 0.2) is 0 Å². The molecule has 0 saturated heterocycles. The van der Waals surface area contributed by atoms with Crippen molar-refractivity contribution in [3.8, 4) is 11.5 Å². The van der Waals surface area contributed by atoms with Gasteiger partial charge in [0.25, 0.3) is 0 Å². The highest BCUT2D eigenvalue weighted by molar-refractivity contribution is 5.92. The van der Waals surface area contributed by atoms with Crippen molar-refractivity contribution >= 4 is 5.97 Å². The van der Waals surface area contributed by atoms with Gasteiger partial charge in [-0.3, -0.25) is 4.90 Å². The molecule has 0 amide bonds. The Morgan fingerprint density at radius 2 is 1.30 bits per heavy atom. The second kappa shape index (κ2) is 6.56. The van der Waals surface area contributed by atoms with Crippen molar-refractivity contribution in [1.29, 1.82) is 0 Å². The number of hydrogen-bond donors (Lipinski definition) is 0. The molecule has 3 aromatic carbocycles. The van der Waals surface area contributed by atoms with E-state index in [2.05, 4.69) is 17.0 Å². The number of carbonyl (C=O) groups excluding carboxylic acids is 1. The van der Waals surface area contributed by atoms with E-state index in [1.54, 1.807) is 0 Å². The fourth-order valence-corrected chi connectivity index (χ4v) is 4.07. The fraction of sp³-hybridized carbons (Fsp3) is 0.174. The Morgan fingerprint density at radius 1 is 0.815 bits per heavy atom. The van der Waals surface area contributed by atoms with Crippen molar-refractivity contribution in [3.63, 3.8) is 0 Å². The van der Waals surface area contributed by atoms with Gasteiger partial charge >= 0.3 is 5.97 Å². The molecule has 0 spiro atoms. The van der Waals surface area contributed by atoms with E-state index in [1.807, 2.05) is 74.8 Å². The smallest absolute Gasteiger partial charge is 0.338 e. The van der Waals surface area contributed by atoms with E-state index in [1.165, 1.54) is 7.11 Å². The second-order valence-electron chi connectivity index (χ2n) is 6.74. The van der Waals surface area contributed by atoms with Crippen LogP contribution in [0.5, 0.6) is 11.5 Å². The number of rotatable bonds is 3. The van der Waals surface area contributed by atoms with Gasteiger partial charge in [0.2, 0.25) is 0 Å². The molecule has 27 heavy (non-hydrogen) atoms. The maximum atomic E-state index is 12.6. The lowest BCUT2D eigenvalue weighted by atomic mass is 9.72. The summed E-state index contributed by atoms with van der Waals surface area (Å²) >= 11 is 0. The van der Waals surface area contributed by atoms with E-state index in [9.17, 15) is 4.79 Å². The molecule has 0 atom stereocenters. The molecular weight excluding hydrogens is 338 g/mol. The van der Waals surface area contributed by atoms with Crippen LogP contribution in [-0.2, 0) is 10.3 Å². The lowest BCUT2D eigenvalue weighted by molar-refractivity contribution is 0.0595. The summed E-state index contributed by atoms with van der Waals surface area (Å²) in [6.45, 7) is 0. The average molecular weight is 359 g/mol. The number of methoxy groups -OCH3 is 1. The average Bonchev–Trinajstić information content (AvgIpc) is 2.71. The van der Waals surface area contributed by atoms with Crippen LogP contribution in [-0.4, -0.2) is 32.1 Å². The largest absolute Gasteiger partial charge is 0.465 e. The van der Waals surface area contributed by atoms with Gasteiger partial charge in [0, 0.05) is 11.1 Å². The molecule has 0 N–H and O–H groups in total. The predicted octanol–water partition coefficient (Wildman–Crippen LogP) is 4.43. The summed E-state index contributed by atoms with van der Waals surface area (Å²) in [7, 11) is 5.45. The Labute approximate surface area is 159 Å². The molecule has 0 bridgehead atoms. The Hall–Kier alpha value is -3.11. The van der Waals surface area contributed by atoms with Crippen LogP contribution >= 0.6 is 0 Å². The van der Waals surface area contributed by atoms with Crippen LogP contribution < -0.4 is 4.74 Å². The van der Waals surface area contributed by atoms with Crippen molar-refractivity contribution in [2.24, 2.45) is 0 Å². The molecule has 0 aromatic heterocycles. The highest BCUT2D eigenvalue weighted by Crippen LogP contribution is 2.53. The first kappa shape index (κ1) is 17.3. The van der Waals surface area contributed by atoms with E-state index < -0.39 is 5.54 Å². The Kier molecular flexibility index (Phi) is 4.21. The number of esters is 1. The Morgan fingerprint density at radius 3 is 1.81 bits per heavy atom. The van der Waals surface area contributed by atoms with Gasteiger partial charge in [-0.15, -0.1) is 0 Å². The molecule has 1 aliphatic heterocycles. The third-order valence-corrected chi connectivity index (χ3v) is 5.17. The van der Waals surface area contributed by atoms with Gasteiger partial charge in [-0.25, -0.2) is 4.79 Å². The summed E-state index contributed by atoms with van der Waals surface area (Å²) in [6.07, 6.45) is 0. The Bertz CT molecular complexity index is 964. The number of ether oxygens (including phenoxy) is 2. The first-order valence-electron chi connectivity index (χ1n) is 8.82. The van der Waals surface area contributed by atoms with E-state index in [0.717, 1.165) is 28.2 Å². The van der Waals surface area contributed by atoms with E-state index >= 15 is 0 Å². The van der Waals surface area contributed by atoms with Crippen LogP contribution in [0.1, 0.15) is 27.0 Å². The lowest BCUT2D eigenvalue weighted by Crippen LogP contribution is -2.46. The molecule has 0 aliphatic carbocycles. The highest BCUT2D eigenvalue weighted by atomic mass is 16.5. The van der Waals surface area contributed by atoms with Crippen molar-refractivity contribution < 1.29 is 14.3 Å². The molecule has 4 nitrogen and oxygen atoms in total. The number of carbonyl (C=O) groups is 1. The van der Waals surface area contributed by atoms with Gasteiger partial charge in [0.1, 0.15) is 17.0 Å². The fourth-order valence-electron chi connectivity index (χ4n) is 4.07. The molecule has 4 heteroatoms. The minimum atomic E-state index is -0.684. The zero-order chi connectivity index (χ0) is 19.0. The van der Waals surface area contributed by atoms with Gasteiger partial charge in [-0.05, 0) is 37.9 Å². The minimum absolute atomic E-state index is 0.353. The number of para-hydroxylation sites is 2. The Balaban J connectivity index is 2.15. The van der Waals surface area contributed by atoms with Crippen LogP contribution in [0.15, 0.2) is 72.8 Å². The third kappa shape index (κ3) is 2.45. The first-order chi connectivity index (χ1) is 13.1. The monoisotopic (exact) mass is 359 g/mol.